The molecule has 1 rings (SSSR count). The Balaban J connectivity index is 3.38. The number of sulfonamides is 1. The summed E-state index contributed by atoms with van der Waals surface area (Å²) in [4.78, 5) is 10.9. The van der Waals surface area contributed by atoms with Crippen LogP contribution in [0.15, 0.2) is 23.3 Å². The van der Waals surface area contributed by atoms with Crippen molar-refractivity contribution in [1.29, 1.82) is 0 Å². The second-order valence-electron chi connectivity index (χ2n) is 2.92. The molecular formula is C7H7Cl2NO4S. The molecule has 1 aliphatic rings. The first kappa shape index (κ1) is 12.5. The molecule has 84 valence electrons. The molecule has 0 aromatic heterocycles. The van der Waals surface area contributed by atoms with Gasteiger partial charge in [-0.3, -0.25) is 4.79 Å². The molecule has 0 aromatic carbocycles. The van der Waals surface area contributed by atoms with Crippen molar-refractivity contribution in [3.05, 3.63) is 23.3 Å². The molecule has 5 nitrogen and oxygen atoms in total. The third-order valence-electron chi connectivity index (χ3n) is 1.93. The molecule has 8 heteroatoms. The lowest BCUT2D eigenvalue weighted by atomic mass is 9.99. The van der Waals surface area contributed by atoms with Crippen molar-refractivity contribution in [1.82, 2.24) is 0 Å². The largest absolute Gasteiger partial charge is 0.481 e. The lowest BCUT2D eigenvalue weighted by Gasteiger charge is -2.29. The maximum atomic E-state index is 11.2. The van der Waals surface area contributed by atoms with Gasteiger partial charge in [-0.15, -0.1) is 0 Å². The maximum Gasteiger partial charge on any atom is 0.315 e. The van der Waals surface area contributed by atoms with Gasteiger partial charge in [0.25, 0.3) is 0 Å². The molecule has 0 bridgehead atoms. The SMILES string of the molecule is NS(=O)(=O)C1(Cl)C=CC=C(Cl)C1C(=O)O. The first-order valence-corrected chi connectivity index (χ1v) is 5.99. The van der Waals surface area contributed by atoms with Crippen LogP contribution in [0.2, 0.25) is 0 Å². The number of carboxylic acids is 1. The molecule has 0 heterocycles. The van der Waals surface area contributed by atoms with Crippen LogP contribution >= 0.6 is 23.2 Å². The third kappa shape index (κ3) is 2.03. The summed E-state index contributed by atoms with van der Waals surface area (Å²) < 4.78 is 20.2. The van der Waals surface area contributed by atoms with E-state index in [1.807, 2.05) is 0 Å². The number of carbonyl (C=O) groups is 1. The molecule has 0 aromatic rings. The predicted octanol–water partition coefficient (Wildman–Crippen LogP) is 0.603. The van der Waals surface area contributed by atoms with Gasteiger partial charge in [0.05, 0.1) is 0 Å². The van der Waals surface area contributed by atoms with Crippen LogP contribution in [0, 0.1) is 5.92 Å². The van der Waals surface area contributed by atoms with Gasteiger partial charge in [0.2, 0.25) is 10.0 Å². The van der Waals surface area contributed by atoms with E-state index in [2.05, 4.69) is 0 Å². The van der Waals surface area contributed by atoms with Crippen molar-refractivity contribution < 1.29 is 18.3 Å². The molecule has 0 radical (unpaired) electrons. The van der Waals surface area contributed by atoms with Crippen LogP contribution in [0.5, 0.6) is 0 Å². The lowest BCUT2D eigenvalue weighted by molar-refractivity contribution is -0.140. The highest BCUT2D eigenvalue weighted by Crippen LogP contribution is 2.40. The minimum Gasteiger partial charge on any atom is -0.481 e. The van der Waals surface area contributed by atoms with Gasteiger partial charge in [0.1, 0.15) is 5.92 Å². The Bertz CT molecular complexity index is 456. The van der Waals surface area contributed by atoms with Gasteiger partial charge < -0.3 is 5.11 Å². The van der Waals surface area contributed by atoms with Gasteiger partial charge in [-0.1, -0.05) is 29.3 Å². The summed E-state index contributed by atoms with van der Waals surface area (Å²) in [6.45, 7) is 0. The zero-order chi connectivity index (χ0) is 11.9. The Morgan fingerprint density at radius 2 is 2.13 bits per heavy atom. The van der Waals surface area contributed by atoms with Crippen molar-refractivity contribution in [2.45, 2.75) is 4.21 Å². The number of hydrogen-bond donors (Lipinski definition) is 2. The molecule has 0 saturated heterocycles. The number of aliphatic carboxylic acids is 1. The van der Waals surface area contributed by atoms with E-state index in [1.165, 1.54) is 12.2 Å². The number of allylic oxidation sites excluding steroid dienone is 2. The minimum absolute atomic E-state index is 0.186. The second-order valence-corrected chi connectivity index (χ2v) is 5.98. The molecule has 3 N–H and O–H groups in total. The van der Waals surface area contributed by atoms with E-state index < -0.39 is 26.1 Å². The van der Waals surface area contributed by atoms with Crippen LogP contribution in [0.4, 0.5) is 0 Å². The number of halogens is 2. The molecule has 0 aliphatic heterocycles. The molecule has 2 unspecified atom stereocenters. The van der Waals surface area contributed by atoms with E-state index in [1.54, 1.807) is 0 Å². The smallest absolute Gasteiger partial charge is 0.315 e. The Morgan fingerprint density at radius 3 is 2.47 bits per heavy atom. The molecule has 15 heavy (non-hydrogen) atoms. The van der Waals surface area contributed by atoms with E-state index in [4.69, 9.17) is 33.4 Å². The number of carboxylic acid groups (broad SMARTS) is 1. The summed E-state index contributed by atoms with van der Waals surface area (Å²) in [5.74, 6) is -3.05. The first-order chi connectivity index (χ1) is 6.70. The topological polar surface area (TPSA) is 97.5 Å². The molecular weight excluding hydrogens is 265 g/mol. The van der Waals surface area contributed by atoms with Gasteiger partial charge in [0.15, 0.2) is 4.21 Å². The average molecular weight is 272 g/mol. The Labute approximate surface area is 96.2 Å². The molecule has 0 saturated carbocycles. The van der Waals surface area contributed by atoms with Gasteiger partial charge in [-0.05, 0) is 12.2 Å². The summed E-state index contributed by atoms with van der Waals surface area (Å²) in [5, 5.41) is 13.5. The summed E-state index contributed by atoms with van der Waals surface area (Å²) in [6, 6.07) is 0. The van der Waals surface area contributed by atoms with Crippen LogP contribution in [0.25, 0.3) is 0 Å². The van der Waals surface area contributed by atoms with E-state index in [0.29, 0.717) is 0 Å². The van der Waals surface area contributed by atoms with Crippen LogP contribution in [0.3, 0.4) is 0 Å². The van der Waals surface area contributed by atoms with E-state index in [-0.39, 0.29) is 5.03 Å². The number of rotatable bonds is 2. The molecule has 2 atom stereocenters. The molecule has 0 spiro atoms. The number of hydrogen-bond acceptors (Lipinski definition) is 3. The van der Waals surface area contributed by atoms with Crippen molar-refractivity contribution in [2.24, 2.45) is 11.1 Å². The summed E-state index contributed by atoms with van der Waals surface area (Å²) >= 11 is 11.3. The van der Waals surface area contributed by atoms with Crippen molar-refractivity contribution in [3.63, 3.8) is 0 Å². The average Bonchev–Trinajstić information content (AvgIpc) is 2.00. The summed E-state index contributed by atoms with van der Waals surface area (Å²) in [6.07, 6.45) is 3.50. The fourth-order valence-electron chi connectivity index (χ4n) is 1.20. The highest BCUT2D eigenvalue weighted by molar-refractivity contribution is 7.92. The fraction of sp³-hybridized carbons (Fsp3) is 0.286. The number of alkyl halides is 1. The number of nitrogens with two attached hydrogens (primary N) is 1. The lowest BCUT2D eigenvalue weighted by Crippen LogP contribution is -2.47. The van der Waals surface area contributed by atoms with Gasteiger partial charge >= 0.3 is 5.97 Å². The van der Waals surface area contributed by atoms with Crippen LogP contribution in [-0.4, -0.2) is 23.7 Å². The van der Waals surface area contributed by atoms with Gasteiger partial charge in [-0.25, -0.2) is 13.6 Å². The number of primary sulfonamides is 1. The highest BCUT2D eigenvalue weighted by Gasteiger charge is 2.51. The first-order valence-electron chi connectivity index (χ1n) is 3.69. The van der Waals surface area contributed by atoms with Crippen LogP contribution in [0.1, 0.15) is 0 Å². The third-order valence-corrected chi connectivity index (χ3v) is 4.51. The minimum atomic E-state index is -4.28. The predicted molar refractivity (Wildman–Crippen MR) is 55.9 cm³/mol. The Morgan fingerprint density at radius 1 is 1.60 bits per heavy atom. The van der Waals surface area contributed by atoms with E-state index in [0.717, 1.165) is 6.08 Å². The molecule has 0 amide bonds. The fourth-order valence-corrected chi connectivity index (χ4v) is 2.76. The van der Waals surface area contributed by atoms with E-state index >= 15 is 0 Å². The molecule has 0 fully saturated rings. The standard InChI is InChI=1S/C7H7Cl2NO4S/c8-4-2-1-3-7(9,15(10,13)14)5(4)6(11)12/h1-3,5H,(H,11,12)(H2,10,13,14). The summed E-state index contributed by atoms with van der Waals surface area (Å²) in [7, 11) is -4.28. The quantitative estimate of drug-likeness (QED) is 0.719. The van der Waals surface area contributed by atoms with E-state index in [9.17, 15) is 13.2 Å². The Hall–Kier alpha value is -0.560. The second kappa shape index (κ2) is 3.79. The molecule has 1 aliphatic carbocycles. The van der Waals surface area contributed by atoms with Crippen LogP contribution in [-0.2, 0) is 14.8 Å². The van der Waals surface area contributed by atoms with Crippen LogP contribution < -0.4 is 5.14 Å². The van der Waals surface area contributed by atoms with Gasteiger partial charge in [-0.2, -0.15) is 0 Å². The van der Waals surface area contributed by atoms with Crippen molar-refractivity contribution in [2.75, 3.05) is 0 Å². The zero-order valence-electron chi connectivity index (χ0n) is 7.22. The summed E-state index contributed by atoms with van der Waals surface area (Å²) in [5.41, 5.74) is 0. The Kier molecular flexibility index (Phi) is 3.16. The zero-order valence-corrected chi connectivity index (χ0v) is 9.55. The normalized spacial score (nSPS) is 31.1. The van der Waals surface area contributed by atoms with Gasteiger partial charge in [0, 0.05) is 5.03 Å². The monoisotopic (exact) mass is 271 g/mol. The van der Waals surface area contributed by atoms with Crippen molar-refractivity contribution >= 4 is 39.2 Å². The van der Waals surface area contributed by atoms with Crippen molar-refractivity contribution in [3.8, 4) is 0 Å². The highest BCUT2D eigenvalue weighted by atomic mass is 35.5. The maximum absolute atomic E-state index is 11.2.